The molecule has 0 N–H and O–H groups in total. The molecule has 5 rings (SSSR count). The summed E-state index contributed by atoms with van der Waals surface area (Å²) in [5.74, 6) is 1.15. The summed E-state index contributed by atoms with van der Waals surface area (Å²) in [6, 6.07) is 4.54. The summed E-state index contributed by atoms with van der Waals surface area (Å²) >= 11 is 1.86. The third-order valence-electron chi connectivity index (χ3n) is 5.53. The predicted octanol–water partition coefficient (Wildman–Crippen LogP) is 3.27. The molecule has 144 valence electrons. The number of fused-ring (bicyclic) bond motifs is 2. The number of piperidine rings is 1. The second-order valence-corrected chi connectivity index (χ2v) is 8.09. The van der Waals surface area contributed by atoms with Gasteiger partial charge in [0.15, 0.2) is 0 Å². The monoisotopic (exact) mass is 393 g/mol. The first-order valence-electron chi connectivity index (χ1n) is 9.81. The summed E-state index contributed by atoms with van der Waals surface area (Å²) in [6.07, 6.45) is 10.7. The van der Waals surface area contributed by atoms with Crippen molar-refractivity contribution in [3.8, 4) is 6.01 Å². The fourth-order valence-corrected chi connectivity index (χ4v) is 5.10. The number of ether oxygens (including phenoxy) is 1. The maximum Gasteiger partial charge on any atom is 0.316 e. The van der Waals surface area contributed by atoms with Crippen LogP contribution in [0.4, 0.5) is 0 Å². The number of hydrogen-bond acceptors (Lipinski definition) is 6. The average molecular weight is 394 g/mol. The minimum absolute atomic E-state index is 0.456. The van der Waals surface area contributed by atoms with E-state index in [1.807, 2.05) is 17.5 Å². The van der Waals surface area contributed by atoms with Gasteiger partial charge in [-0.25, -0.2) is 15.0 Å². The number of imidazole rings is 1. The number of aromatic nitrogens is 4. The molecule has 0 bridgehead atoms. The first kappa shape index (κ1) is 17.6. The zero-order chi connectivity index (χ0) is 18.8. The Bertz CT molecular complexity index is 923. The van der Waals surface area contributed by atoms with E-state index in [4.69, 9.17) is 9.72 Å². The molecule has 2 aliphatic rings. The molecule has 0 atom stereocenters. The minimum atomic E-state index is 0.456. The Balaban J connectivity index is 1.29. The molecule has 0 amide bonds. The minimum Gasteiger partial charge on any atom is -0.462 e. The molecule has 0 radical (unpaired) electrons. The molecule has 2 aliphatic heterocycles. The number of likely N-dealkylation sites (tertiary alicyclic amines) is 1. The molecule has 0 aromatic carbocycles. The van der Waals surface area contributed by atoms with Crippen LogP contribution in [-0.2, 0) is 13.0 Å². The highest BCUT2D eigenvalue weighted by atomic mass is 32.1. The molecule has 1 saturated heterocycles. The number of thiophene rings is 1. The molecule has 5 heterocycles. The van der Waals surface area contributed by atoms with E-state index in [2.05, 4.69) is 37.1 Å². The van der Waals surface area contributed by atoms with Gasteiger partial charge >= 0.3 is 6.01 Å². The van der Waals surface area contributed by atoms with E-state index in [0.29, 0.717) is 12.6 Å². The highest BCUT2D eigenvalue weighted by Gasteiger charge is 2.25. The summed E-state index contributed by atoms with van der Waals surface area (Å²) in [5, 5.41) is 2.22. The van der Waals surface area contributed by atoms with Crippen LogP contribution in [0.2, 0.25) is 0 Å². The Hall–Kier alpha value is -2.51. The van der Waals surface area contributed by atoms with Gasteiger partial charge in [-0.2, -0.15) is 0 Å². The first-order valence-corrected chi connectivity index (χ1v) is 10.7. The van der Waals surface area contributed by atoms with Crippen molar-refractivity contribution in [3.05, 3.63) is 64.1 Å². The van der Waals surface area contributed by atoms with Gasteiger partial charge in [0.2, 0.25) is 0 Å². The lowest BCUT2D eigenvalue weighted by atomic mass is 9.95. The molecule has 3 aromatic heterocycles. The maximum atomic E-state index is 5.65. The Labute approximate surface area is 168 Å². The Morgan fingerprint density at radius 3 is 2.71 bits per heavy atom. The van der Waals surface area contributed by atoms with Gasteiger partial charge in [-0.1, -0.05) is 5.57 Å². The smallest absolute Gasteiger partial charge is 0.316 e. The highest BCUT2D eigenvalue weighted by molar-refractivity contribution is 7.11. The third-order valence-corrected chi connectivity index (χ3v) is 6.50. The fraction of sp³-hybridized carbons (Fsp3) is 0.381. The van der Waals surface area contributed by atoms with Crippen LogP contribution in [0.15, 0.2) is 47.9 Å². The lowest BCUT2D eigenvalue weighted by Gasteiger charge is -2.29. The largest absolute Gasteiger partial charge is 0.462 e. The molecule has 0 aliphatic carbocycles. The number of rotatable bonds is 4. The summed E-state index contributed by atoms with van der Waals surface area (Å²) in [5.41, 5.74) is 4.40. The summed E-state index contributed by atoms with van der Waals surface area (Å²) < 4.78 is 7.97. The van der Waals surface area contributed by atoms with Gasteiger partial charge in [0.1, 0.15) is 12.4 Å². The van der Waals surface area contributed by atoms with Crippen LogP contribution in [-0.4, -0.2) is 50.7 Å². The third kappa shape index (κ3) is 3.47. The Kier molecular flexibility index (Phi) is 4.93. The Morgan fingerprint density at radius 2 is 1.86 bits per heavy atom. The van der Waals surface area contributed by atoms with Gasteiger partial charge in [-0.3, -0.25) is 4.90 Å². The standard InChI is InChI=1S/C21H23N5OS/c1-6-23-21(24-7-1)27-14-13-25-9-2-16(3-10-25)18-19-17(5-15-28-19)4-11-26-12-8-22-20(18)26/h1,5-8,12,15H,2-4,9-11,13-14H2. The molecule has 0 saturated carbocycles. The molecule has 1 fully saturated rings. The van der Waals surface area contributed by atoms with E-state index in [1.165, 1.54) is 16.0 Å². The molecule has 0 unspecified atom stereocenters. The van der Waals surface area contributed by atoms with Crippen molar-refractivity contribution in [1.82, 2.24) is 24.4 Å². The quantitative estimate of drug-likeness (QED) is 0.681. The first-order chi connectivity index (χ1) is 13.9. The van der Waals surface area contributed by atoms with Crippen LogP contribution in [0, 0.1) is 0 Å². The van der Waals surface area contributed by atoms with Crippen molar-refractivity contribution >= 4 is 16.9 Å². The second-order valence-electron chi connectivity index (χ2n) is 7.17. The van der Waals surface area contributed by atoms with Crippen molar-refractivity contribution in [2.24, 2.45) is 0 Å². The van der Waals surface area contributed by atoms with Crippen LogP contribution >= 0.6 is 11.3 Å². The predicted molar refractivity (Wildman–Crippen MR) is 109 cm³/mol. The second kappa shape index (κ2) is 7.85. The zero-order valence-corrected chi connectivity index (χ0v) is 16.6. The van der Waals surface area contributed by atoms with Crippen LogP contribution in [0.25, 0.3) is 5.57 Å². The zero-order valence-electron chi connectivity index (χ0n) is 15.8. The fourth-order valence-electron chi connectivity index (χ4n) is 4.05. The van der Waals surface area contributed by atoms with Crippen molar-refractivity contribution in [3.63, 3.8) is 0 Å². The van der Waals surface area contributed by atoms with Crippen molar-refractivity contribution < 1.29 is 4.74 Å². The number of aryl methyl sites for hydroxylation is 2. The van der Waals surface area contributed by atoms with Crippen molar-refractivity contribution in [1.29, 1.82) is 0 Å². The average Bonchev–Trinajstić information content (AvgIpc) is 3.36. The summed E-state index contributed by atoms with van der Waals surface area (Å²) in [6.45, 7) is 4.65. The SMILES string of the molecule is c1cnc(OCCN2CCC(=C3c4sccc4CCn4ccnc43)CC2)nc1. The van der Waals surface area contributed by atoms with Gasteiger partial charge < -0.3 is 9.30 Å². The van der Waals surface area contributed by atoms with E-state index in [0.717, 1.165) is 51.3 Å². The Morgan fingerprint density at radius 1 is 1.00 bits per heavy atom. The molecule has 3 aromatic rings. The van der Waals surface area contributed by atoms with E-state index in [-0.39, 0.29) is 0 Å². The highest BCUT2D eigenvalue weighted by Crippen LogP contribution is 2.38. The van der Waals surface area contributed by atoms with Crippen LogP contribution in [0.5, 0.6) is 6.01 Å². The molecule has 7 heteroatoms. The van der Waals surface area contributed by atoms with Crippen molar-refractivity contribution in [2.75, 3.05) is 26.2 Å². The molecular formula is C21H23N5OS. The van der Waals surface area contributed by atoms with Gasteiger partial charge in [0.25, 0.3) is 0 Å². The number of nitrogens with zero attached hydrogens (tertiary/aromatic N) is 5. The normalized spacial score (nSPS) is 17.1. The van der Waals surface area contributed by atoms with E-state index in [9.17, 15) is 0 Å². The van der Waals surface area contributed by atoms with Gasteiger partial charge in [0.05, 0.1) is 0 Å². The van der Waals surface area contributed by atoms with Crippen LogP contribution in [0.3, 0.4) is 0 Å². The van der Waals surface area contributed by atoms with Gasteiger partial charge in [0, 0.05) is 61.4 Å². The molecule has 6 nitrogen and oxygen atoms in total. The summed E-state index contributed by atoms with van der Waals surface area (Å²) in [4.78, 5) is 16.8. The molecular weight excluding hydrogens is 370 g/mol. The van der Waals surface area contributed by atoms with E-state index in [1.54, 1.807) is 24.0 Å². The lowest BCUT2D eigenvalue weighted by molar-refractivity contribution is 0.191. The van der Waals surface area contributed by atoms with Gasteiger partial charge in [-0.05, 0) is 42.3 Å². The topological polar surface area (TPSA) is 56.1 Å². The number of hydrogen-bond donors (Lipinski definition) is 0. The van der Waals surface area contributed by atoms with Gasteiger partial charge in [-0.15, -0.1) is 11.3 Å². The lowest BCUT2D eigenvalue weighted by Crippen LogP contribution is -2.34. The van der Waals surface area contributed by atoms with Crippen molar-refractivity contribution in [2.45, 2.75) is 25.8 Å². The summed E-state index contributed by atoms with van der Waals surface area (Å²) in [7, 11) is 0. The molecule has 0 spiro atoms. The molecule has 28 heavy (non-hydrogen) atoms. The van der Waals surface area contributed by atoms with Crippen LogP contribution < -0.4 is 4.74 Å². The maximum absolute atomic E-state index is 5.65. The van der Waals surface area contributed by atoms with E-state index < -0.39 is 0 Å². The van der Waals surface area contributed by atoms with Crippen LogP contribution in [0.1, 0.15) is 29.1 Å². The van der Waals surface area contributed by atoms with E-state index >= 15 is 0 Å².